The summed E-state index contributed by atoms with van der Waals surface area (Å²) in [5.41, 5.74) is 2.77. The van der Waals surface area contributed by atoms with Crippen LogP contribution in [-0.2, 0) is 14.8 Å². The van der Waals surface area contributed by atoms with E-state index in [0.29, 0.717) is 17.9 Å². The number of aryl methyl sites for hydroxylation is 1. The molecule has 0 saturated carbocycles. The van der Waals surface area contributed by atoms with Gasteiger partial charge in [0.05, 0.1) is 18.0 Å². The lowest BCUT2D eigenvalue weighted by atomic mass is 10.0. The number of benzene rings is 2. The Balaban J connectivity index is 2.06. The molecule has 2 unspecified atom stereocenters. The summed E-state index contributed by atoms with van der Waals surface area (Å²) in [6.45, 7) is 5.95. The third kappa shape index (κ3) is 6.22. The van der Waals surface area contributed by atoms with Gasteiger partial charge >= 0.3 is 0 Å². The topological polar surface area (TPSA) is 75.7 Å². The van der Waals surface area contributed by atoms with Crippen molar-refractivity contribution in [1.29, 1.82) is 0 Å². The average Bonchev–Trinajstić information content (AvgIpc) is 2.70. The van der Waals surface area contributed by atoms with Gasteiger partial charge in [0.15, 0.2) is 6.10 Å². The second-order valence-electron chi connectivity index (χ2n) is 7.12. The third-order valence-electron chi connectivity index (χ3n) is 4.84. The summed E-state index contributed by atoms with van der Waals surface area (Å²) in [6.07, 6.45) is 1.80. The second-order valence-corrected chi connectivity index (χ2v) is 9.13. The van der Waals surface area contributed by atoms with E-state index >= 15 is 0 Å². The zero-order valence-electron chi connectivity index (χ0n) is 17.7. The van der Waals surface area contributed by atoms with Crippen molar-refractivity contribution in [3.05, 3.63) is 59.7 Å². The number of amides is 1. The zero-order valence-corrected chi connectivity index (χ0v) is 18.5. The maximum atomic E-state index is 12.8. The largest absolute Gasteiger partial charge is 0.481 e. The average molecular weight is 419 g/mol. The van der Waals surface area contributed by atoms with E-state index in [-0.39, 0.29) is 11.9 Å². The van der Waals surface area contributed by atoms with Crippen LogP contribution in [0.3, 0.4) is 0 Å². The molecule has 0 fully saturated rings. The number of nitrogens with zero attached hydrogens (tertiary/aromatic N) is 1. The van der Waals surface area contributed by atoms with Crippen molar-refractivity contribution in [1.82, 2.24) is 5.32 Å². The van der Waals surface area contributed by atoms with Gasteiger partial charge in [-0.2, -0.15) is 0 Å². The number of nitrogens with one attached hydrogen (secondary N) is 1. The summed E-state index contributed by atoms with van der Waals surface area (Å²) in [6, 6.07) is 14.7. The molecule has 2 aromatic rings. The molecule has 6 nitrogen and oxygen atoms in total. The standard InChI is InChI=1S/C22H30N2O4S/c1-6-20(17-10-8-16(3)9-11-17)23-22(25)21(7-2)28-19-14-12-18(13-15-19)24(4)29(5,26)27/h8-15,20-21H,6-7H2,1-5H3,(H,23,25). The van der Waals surface area contributed by atoms with Gasteiger partial charge < -0.3 is 10.1 Å². The van der Waals surface area contributed by atoms with Crippen LogP contribution >= 0.6 is 0 Å². The molecular weight excluding hydrogens is 388 g/mol. The second kappa shape index (κ2) is 9.78. The minimum absolute atomic E-state index is 0.0773. The molecule has 1 N–H and O–H groups in total. The van der Waals surface area contributed by atoms with Crippen molar-refractivity contribution < 1.29 is 17.9 Å². The van der Waals surface area contributed by atoms with Crippen LogP contribution in [0.4, 0.5) is 5.69 Å². The highest BCUT2D eigenvalue weighted by Gasteiger charge is 2.22. The molecule has 158 valence electrons. The van der Waals surface area contributed by atoms with Crippen molar-refractivity contribution in [3.63, 3.8) is 0 Å². The van der Waals surface area contributed by atoms with Crippen molar-refractivity contribution in [3.8, 4) is 5.75 Å². The normalized spacial score (nSPS) is 13.4. The molecule has 0 spiro atoms. The molecule has 0 heterocycles. The van der Waals surface area contributed by atoms with Crippen LogP contribution in [-0.4, -0.2) is 33.7 Å². The van der Waals surface area contributed by atoms with Crippen LogP contribution < -0.4 is 14.4 Å². The first kappa shape index (κ1) is 22.7. The van der Waals surface area contributed by atoms with E-state index in [1.165, 1.54) is 16.9 Å². The molecule has 2 rings (SSSR count). The minimum atomic E-state index is -3.33. The monoisotopic (exact) mass is 418 g/mol. The number of sulfonamides is 1. The number of carbonyl (C=O) groups excluding carboxylic acids is 1. The number of carbonyl (C=O) groups is 1. The van der Waals surface area contributed by atoms with Gasteiger partial charge in [-0.15, -0.1) is 0 Å². The van der Waals surface area contributed by atoms with Crippen molar-refractivity contribution in [2.24, 2.45) is 0 Å². The van der Waals surface area contributed by atoms with Crippen LogP contribution in [0.25, 0.3) is 0 Å². The van der Waals surface area contributed by atoms with E-state index < -0.39 is 16.1 Å². The molecule has 29 heavy (non-hydrogen) atoms. The Morgan fingerprint density at radius 2 is 1.62 bits per heavy atom. The van der Waals surface area contributed by atoms with Crippen LogP contribution in [0.1, 0.15) is 43.9 Å². The molecule has 1 amide bonds. The van der Waals surface area contributed by atoms with Gasteiger partial charge in [0.25, 0.3) is 5.91 Å². The van der Waals surface area contributed by atoms with Crippen molar-refractivity contribution in [2.45, 2.75) is 45.8 Å². The molecule has 2 aromatic carbocycles. The lowest BCUT2D eigenvalue weighted by molar-refractivity contribution is -0.128. The zero-order chi connectivity index (χ0) is 21.6. The highest BCUT2D eigenvalue weighted by Crippen LogP contribution is 2.22. The fourth-order valence-electron chi connectivity index (χ4n) is 2.90. The first-order valence-electron chi connectivity index (χ1n) is 9.73. The van der Waals surface area contributed by atoms with E-state index in [1.54, 1.807) is 24.3 Å². The molecule has 0 aliphatic rings. The molecular formula is C22H30N2O4S. The van der Waals surface area contributed by atoms with E-state index in [1.807, 2.05) is 45.0 Å². The van der Waals surface area contributed by atoms with E-state index in [4.69, 9.17) is 4.74 Å². The first-order valence-corrected chi connectivity index (χ1v) is 11.6. The van der Waals surface area contributed by atoms with E-state index in [0.717, 1.165) is 18.2 Å². The third-order valence-corrected chi connectivity index (χ3v) is 6.05. The Morgan fingerprint density at radius 1 is 1.03 bits per heavy atom. The Kier molecular flexibility index (Phi) is 7.67. The van der Waals surface area contributed by atoms with Crippen LogP contribution in [0.2, 0.25) is 0 Å². The van der Waals surface area contributed by atoms with Crippen LogP contribution in [0.5, 0.6) is 5.75 Å². The lowest BCUT2D eigenvalue weighted by Gasteiger charge is -2.23. The van der Waals surface area contributed by atoms with Gasteiger partial charge in [-0.3, -0.25) is 9.10 Å². The predicted octanol–water partition coefficient (Wildman–Crippen LogP) is 3.82. The van der Waals surface area contributed by atoms with Crippen molar-refractivity contribution in [2.75, 3.05) is 17.6 Å². The summed E-state index contributed by atoms with van der Waals surface area (Å²) in [4.78, 5) is 12.8. The molecule has 0 aromatic heterocycles. The smallest absolute Gasteiger partial charge is 0.261 e. The highest BCUT2D eigenvalue weighted by atomic mass is 32.2. The Labute approximate surface area is 173 Å². The van der Waals surface area contributed by atoms with Crippen LogP contribution in [0, 0.1) is 6.92 Å². The molecule has 0 aliphatic heterocycles. The van der Waals surface area contributed by atoms with Crippen molar-refractivity contribution >= 4 is 21.6 Å². The summed E-state index contributed by atoms with van der Waals surface area (Å²) >= 11 is 0. The first-order chi connectivity index (χ1) is 13.7. The number of ether oxygens (including phenoxy) is 1. The molecule has 0 aliphatic carbocycles. The molecule has 0 radical (unpaired) electrons. The molecule has 7 heteroatoms. The van der Waals surface area contributed by atoms with Gasteiger partial charge in [-0.05, 0) is 49.6 Å². The highest BCUT2D eigenvalue weighted by molar-refractivity contribution is 7.92. The number of anilines is 1. The van der Waals surface area contributed by atoms with Gasteiger partial charge in [0.2, 0.25) is 10.0 Å². The number of hydrogen-bond acceptors (Lipinski definition) is 4. The Morgan fingerprint density at radius 3 is 2.10 bits per heavy atom. The number of rotatable bonds is 9. The summed E-state index contributed by atoms with van der Waals surface area (Å²) in [5.74, 6) is 0.346. The fraction of sp³-hybridized carbons (Fsp3) is 0.409. The van der Waals surface area contributed by atoms with E-state index in [9.17, 15) is 13.2 Å². The van der Waals surface area contributed by atoms with Crippen LogP contribution in [0.15, 0.2) is 48.5 Å². The summed E-state index contributed by atoms with van der Waals surface area (Å²) < 4.78 is 30.3. The molecule has 0 bridgehead atoms. The summed E-state index contributed by atoms with van der Waals surface area (Å²) in [7, 11) is -1.84. The maximum absolute atomic E-state index is 12.8. The molecule has 2 atom stereocenters. The quantitative estimate of drug-likeness (QED) is 0.672. The fourth-order valence-corrected chi connectivity index (χ4v) is 3.40. The van der Waals surface area contributed by atoms with Gasteiger partial charge in [0, 0.05) is 7.05 Å². The van der Waals surface area contributed by atoms with Gasteiger partial charge in [-0.1, -0.05) is 43.7 Å². The Hall–Kier alpha value is -2.54. The lowest BCUT2D eigenvalue weighted by Crippen LogP contribution is -2.39. The maximum Gasteiger partial charge on any atom is 0.261 e. The van der Waals surface area contributed by atoms with Gasteiger partial charge in [0.1, 0.15) is 5.75 Å². The van der Waals surface area contributed by atoms with Gasteiger partial charge in [-0.25, -0.2) is 8.42 Å². The summed E-state index contributed by atoms with van der Waals surface area (Å²) in [5, 5.41) is 3.07. The predicted molar refractivity (Wildman–Crippen MR) is 117 cm³/mol. The Bertz CT molecular complexity index is 909. The minimum Gasteiger partial charge on any atom is -0.481 e. The van der Waals surface area contributed by atoms with E-state index in [2.05, 4.69) is 5.32 Å². The molecule has 0 saturated heterocycles. The number of hydrogen-bond donors (Lipinski definition) is 1. The SMILES string of the molecule is CCC(Oc1ccc(N(C)S(C)(=O)=O)cc1)C(=O)NC(CC)c1ccc(C)cc1.